The molecular weight excluding hydrogens is 338 g/mol. The van der Waals surface area contributed by atoms with Crippen molar-refractivity contribution in [3.8, 4) is 0 Å². The van der Waals surface area contributed by atoms with Crippen molar-refractivity contribution >= 4 is 24.2 Å². The Morgan fingerprint density at radius 3 is 2.36 bits per heavy atom. The first-order chi connectivity index (χ1) is 11.6. The minimum Gasteiger partial charge on any atom is -0.353 e. The summed E-state index contributed by atoms with van der Waals surface area (Å²) in [5, 5.41) is 3.05. The summed E-state index contributed by atoms with van der Waals surface area (Å²) in [6.45, 7) is 5.64. The van der Waals surface area contributed by atoms with Crippen LogP contribution in [0.1, 0.15) is 44.6 Å². The van der Waals surface area contributed by atoms with Crippen molar-refractivity contribution in [3.63, 3.8) is 0 Å². The maximum absolute atomic E-state index is 12.8. The summed E-state index contributed by atoms with van der Waals surface area (Å²) in [5.41, 5.74) is 6.61. The van der Waals surface area contributed by atoms with E-state index in [2.05, 4.69) is 12.2 Å². The average molecular weight is 368 g/mol. The second-order valence-electron chi connectivity index (χ2n) is 6.62. The van der Waals surface area contributed by atoms with Crippen LogP contribution in [0.15, 0.2) is 30.3 Å². The lowest BCUT2D eigenvalue weighted by molar-refractivity contribution is -0.134. The molecule has 5 nitrogen and oxygen atoms in total. The molecule has 0 spiro atoms. The van der Waals surface area contributed by atoms with Gasteiger partial charge in [-0.2, -0.15) is 0 Å². The quantitative estimate of drug-likeness (QED) is 0.810. The summed E-state index contributed by atoms with van der Waals surface area (Å²) in [4.78, 5) is 26.7. The number of amides is 2. The van der Waals surface area contributed by atoms with Gasteiger partial charge in [-0.1, -0.05) is 44.2 Å². The summed E-state index contributed by atoms with van der Waals surface area (Å²) >= 11 is 0. The largest absolute Gasteiger partial charge is 0.353 e. The minimum absolute atomic E-state index is 0. The van der Waals surface area contributed by atoms with E-state index in [1.807, 2.05) is 42.2 Å². The number of halogens is 1. The van der Waals surface area contributed by atoms with Crippen molar-refractivity contribution in [2.24, 2.45) is 11.7 Å². The van der Waals surface area contributed by atoms with Crippen molar-refractivity contribution in [1.29, 1.82) is 0 Å². The van der Waals surface area contributed by atoms with Gasteiger partial charge < -0.3 is 16.0 Å². The third-order valence-corrected chi connectivity index (χ3v) is 4.86. The molecule has 1 aliphatic rings. The zero-order chi connectivity index (χ0) is 17.5. The van der Waals surface area contributed by atoms with Gasteiger partial charge in [-0.3, -0.25) is 9.59 Å². The van der Waals surface area contributed by atoms with Gasteiger partial charge in [0.25, 0.3) is 0 Å². The first-order valence-corrected chi connectivity index (χ1v) is 8.91. The van der Waals surface area contributed by atoms with Crippen LogP contribution < -0.4 is 11.1 Å². The Morgan fingerprint density at radius 1 is 1.24 bits per heavy atom. The highest BCUT2D eigenvalue weighted by Crippen LogP contribution is 2.24. The van der Waals surface area contributed by atoms with Crippen molar-refractivity contribution in [1.82, 2.24) is 10.2 Å². The molecule has 2 amide bonds. The smallest absolute Gasteiger partial charge is 0.230 e. The Labute approximate surface area is 156 Å². The first kappa shape index (κ1) is 21.5. The summed E-state index contributed by atoms with van der Waals surface area (Å²) in [5.74, 6) is -0.0244. The molecular formula is C19H30ClN3O2. The Morgan fingerprint density at radius 2 is 1.84 bits per heavy atom. The van der Waals surface area contributed by atoms with Crippen molar-refractivity contribution < 1.29 is 9.59 Å². The molecule has 1 aliphatic heterocycles. The fourth-order valence-electron chi connectivity index (χ4n) is 3.15. The maximum atomic E-state index is 12.8. The number of likely N-dealkylation sites (tertiary alicyclic amines) is 1. The zero-order valence-corrected chi connectivity index (χ0v) is 15.9. The van der Waals surface area contributed by atoms with E-state index in [0.29, 0.717) is 19.6 Å². The van der Waals surface area contributed by atoms with Crippen LogP contribution in [0.2, 0.25) is 0 Å². The van der Waals surface area contributed by atoms with E-state index in [1.54, 1.807) is 0 Å². The Hall–Kier alpha value is -1.59. The van der Waals surface area contributed by atoms with E-state index in [-0.39, 0.29) is 42.1 Å². The third-order valence-electron chi connectivity index (χ3n) is 4.86. The van der Waals surface area contributed by atoms with Gasteiger partial charge in [0.1, 0.15) is 0 Å². The lowest BCUT2D eigenvalue weighted by Crippen LogP contribution is -2.49. The number of hydrogen-bond donors (Lipinski definition) is 2. The SMILES string of the molecule is CCC(C(=O)N1CCC(NC(=O)C(C)CN)CC1)c1ccccc1.Cl. The highest BCUT2D eigenvalue weighted by molar-refractivity contribution is 5.85. The Balaban J connectivity index is 0.00000312. The lowest BCUT2D eigenvalue weighted by Gasteiger charge is -2.35. The molecule has 0 bridgehead atoms. The first-order valence-electron chi connectivity index (χ1n) is 8.91. The number of hydrogen-bond acceptors (Lipinski definition) is 3. The standard InChI is InChI=1S/C19H29N3O2.ClH/c1-3-17(15-7-5-4-6-8-15)19(24)22-11-9-16(10-12-22)21-18(23)14(2)13-20;/h4-8,14,16-17H,3,9-13,20H2,1-2H3,(H,21,23);1H. The number of nitrogens with one attached hydrogen (secondary N) is 1. The fraction of sp³-hybridized carbons (Fsp3) is 0.579. The molecule has 2 unspecified atom stereocenters. The van der Waals surface area contributed by atoms with Crippen LogP contribution in [-0.2, 0) is 9.59 Å². The molecule has 1 heterocycles. The van der Waals surface area contributed by atoms with E-state index >= 15 is 0 Å². The van der Waals surface area contributed by atoms with Crippen LogP contribution in [0, 0.1) is 5.92 Å². The summed E-state index contributed by atoms with van der Waals surface area (Å²) in [7, 11) is 0. The third kappa shape index (κ3) is 5.72. The molecule has 2 atom stereocenters. The van der Waals surface area contributed by atoms with Crippen molar-refractivity contribution in [2.75, 3.05) is 19.6 Å². The maximum Gasteiger partial charge on any atom is 0.230 e. The molecule has 0 radical (unpaired) electrons. The van der Waals surface area contributed by atoms with E-state index in [1.165, 1.54) is 0 Å². The normalized spacial score (nSPS) is 17.3. The number of nitrogens with zero attached hydrogens (tertiary/aromatic N) is 1. The zero-order valence-electron chi connectivity index (χ0n) is 15.1. The second-order valence-corrected chi connectivity index (χ2v) is 6.62. The van der Waals surface area contributed by atoms with E-state index in [0.717, 1.165) is 24.8 Å². The number of piperidine rings is 1. The number of benzene rings is 1. The topological polar surface area (TPSA) is 75.4 Å². The lowest BCUT2D eigenvalue weighted by atomic mass is 9.93. The van der Waals surface area contributed by atoms with Crippen LogP contribution in [-0.4, -0.2) is 42.4 Å². The van der Waals surface area contributed by atoms with Gasteiger partial charge in [-0.25, -0.2) is 0 Å². The molecule has 1 aromatic carbocycles. The molecule has 3 N–H and O–H groups in total. The van der Waals surface area contributed by atoms with Gasteiger partial charge in [0, 0.05) is 31.6 Å². The predicted molar refractivity (Wildman–Crippen MR) is 103 cm³/mol. The van der Waals surface area contributed by atoms with Gasteiger partial charge in [0.2, 0.25) is 11.8 Å². The van der Waals surface area contributed by atoms with Gasteiger partial charge >= 0.3 is 0 Å². The summed E-state index contributed by atoms with van der Waals surface area (Å²) in [6.07, 6.45) is 2.41. The van der Waals surface area contributed by atoms with Crippen LogP contribution in [0.3, 0.4) is 0 Å². The van der Waals surface area contributed by atoms with Gasteiger partial charge in [-0.15, -0.1) is 12.4 Å². The van der Waals surface area contributed by atoms with E-state index in [9.17, 15) is 9.59 Å². The monoisotopic (exact) mass is 367 g/mol. The number of carbonyl (C=O) groups excluding carboxylic acids is 2. The number of nitrogens with two attached hydrogens (primary N) is 1. The number of carbonyl (C=O) groups is 2. The highest BCUT2D eigenvalue weighted by atomic mass is 35.5. The molecule has 140 valence electrons. The predicted octanol–water partition coefficient (Wildman–Crippen LogP) is 2.30. The Kier molecular flexibility index (Phi) is 8.93. The highest BCUT2D eigenvalue weighted by Gasteiger charge is 2.29. The minimum atomic E-state index is -0.160. The van der Waals surface area contributed by atoms with Gasteiger partial charge in [0.05, 0.1) is 5.92 Å². The van der Waals surface area contributed by atoms with Crippen LogP contribution in [0.25, 0.3) is 0 Å². The summed E-state index contributed by atoms with van der Waals surface area (Å²) in [6, 6.07) is 10.1. The van der Waals surface area contributed by atoms with Gasteiger partial charge in [-0.05, 0) is 24.8 Å². The average Bonchev–Trinajstić information content (AvgIpc) is 2.63. The van der Waals surface area contributed by atoms with E-state index in [4.69, 9.17) is 5.73 Å². The molecule has 2 rings (SSSR count). The second kappa shape index (κ2) is 10.4. The molecule has 1 saturated heterocycles. The molecule has 1 aromatic rings. The van der Waals surface area contributed by atoms with E-state index < -0.39 is 0 Å². The van der Waals surface area contributed by atoms with Crippen molar-refractivity contribution in [3.05, 3.63) is 35.9 Å². The molecule has 25 heavy (non-hydrogen) atoms. The molecule has 0 saturated carbocycles. The molecule has 0 aliphatic carbocycles. The number of rotatable bonds is 6. The van der Waals surface area contributed by atoms with Crippen LogP contribution in [0.5, 0.6) is 0 Å². The van der Waals surface area contributed by atoms with Crippen molar-refractivity contribution in [2.45, 2.75) is 45.1 Å². The molecule has 0 aromatic heterocycles. The summed E-state index contributed by atoms with van der Waals surface area (Å²) < 4.78 is 0. The fourth-order valence-corrected chi connectivity index (χ4v) is 3.15. The van der Waals surface area contributed by atoms with Crippen LogP contribution in [0.4, 0.5) is 0 Å². The Bertz CT molecular complexity index is 545. The molecule has 6 heteroatoms. The van der Waals surface area contributed by atoms with Gasteiger partial charge in [0.15, 0.2) is 0 Å². The van der Waals surface area contributed by atoms with Crippen LogP contribution >= 0.6 is 12.4 Å². The molecule has 1 fully saturated rings.